The number of halogens is 2. The number of rotatable bonds is 6. The van der Waals surface area contributed by atoms with Crippen molar-refractivity contribution < 1.29 is 54.0 Å². The molecule has 0 saturated heterocycles. The Hall–Kier alpha value is -0.760. The zero-order valence-corrected chi connectivity index (χ0v) is 20.9. The van der Waals surface area contributed by atoms with Gasteiger partial charge in [0.1, 0.15) is 24.3 Å². The van der Waals surface area contributed by atoms with Crippen LogP contribution in [0.3, 0.4) is 0 Å². The standard InChI is InChI=1S/2C11H17NO.2BrH/c2*1-9(12(2)3)11(13)10-7-5-4-6-8-10;;/h2*4-9,11,13H,1-3H3;2*1H/t9-,11-;;;/m0.../s1. The summed E-state index contributed by atoms with van der Waals surface area (Å²) in [6.45, 7) is 4.10. The van der Waals surface area contributed by atoms with Gasteiger partial charge < -0.3 is 54.0 Å². The fraction of sp³-hybridized carbons (Fsp3) is 0.455. The number of likely N-dealkylation sites (N-methyl/N-ethyl adjacent to an activating group) is 2. The highest BCUT2D eigenvalue weighted by Gasteiger charge is 2.21. The summed E-state index contributed by atoms with van der Waals surface area (Å²) in [5, 5.41) is 19.9. The Morgan fingerprint density at radius 3 is 1.04 bits per heavy atom. The normalized spacial score (nSPS) is 14.6. The SMILES string of the molecule is CC(C(O)c1ccccc1)[NH+](C)C.C[C@@H]([C@H](O)c1ccccc1)[NH+](C)C.[Br-].[Br-]. The van der Waals surface area contributed by atoms with Crippen LogP contribution in [0, 0.1) is 0 Å². The van der Waals surface area contributed by atoms with Gasteiger partial charge in [0.25, 0.3) is 0 Å². The highest BCUT2D eigenvalue weighted by atomic mass is 79.9. The summed E-state index contributed by atoms with van der Waals surface area (Å²) in [6.07, 6.45) is -0.739. The average molecular weight is 520 g/mol. The van der Waals surface area contributed by atoms with Crippen molar-refractivity contribution >= 4 is 0 Å². The van der Waals surface area contributed by atoms with Crippen molar-refractivity contribution in [3.05, 3.63) is 71.8 Å². The third kappa shape index (κ3) is 9.63. The Balaban J connectivity index is 0. The Morgan fingerprint density at radius 1 is 0.571 bits per heavy atom. The first-order chi connectivity index (χ1) is 12.3. The van der Waals surface area contributed by atoms with E-state index in [0.717, 1.165) is 11.1 Å². The average Bonchev–Trinajstić information content (AvgIpc) is 2.67. The van der Waals surface area contributed by atoms with Gasteiger partial charge in [0.15, 0.2) is 0 Å². The maximum absolute atomic E-state index is 9.94. The van der Waals surface area contributed by atoms with Crippen LogP contribution in [0.15, 0.2) is 60.7 Å². The van der Waals surface area contributed by atoms with Crippen LogP contribution >= 0.6 is 0 Å². The van der Waals surface area contributed by atoms with Crippen molar-refractivity contribution in [2.75, 3.05) is 28.2 Å². The van der Waals surface area contributed by atoms with E-state index in [1.807, 2.05) is 74.5 Å². The van der Waals surface area contributed by atoms with Gasteiger partial charge in [0, 0.05) is 0 Å². The number of aliphatic hydroxyl groups excluding tert-OH is 2. The number of benzene rings is 2. The lowest BCUT2D eigenvalue weighted by atomic mass is 10.0. The predicted molar refractivity (Wildman–Crippen MR) is 107 cm³/mol. The molecule has 2 unspecified atom stereocenters. The summed E-state index contributed by atoms with van der Waals surface area (Å²) in [4.78, 5) is 2.52. The van der Waals surface area contributed by atoms with Crippen molar-refractivity contribution in [1.29, 1.82) is 0 Å². The fourth-order valence-corrected chi connectivity index (χ4v) is 2.51. The number of hydrogen-bond donors (Lipinski definition) is 4. The Morgan fingerprint density at radius 2 is 0.821 bits per heavy atom. The lowest BCUT2D eigenvalue weighted by molar-refractivity contribution is -0.888. The quantitative estimate of drug-likeness (QED) is 0.308. The number of quaternary nitrogens is 2. The molecule has 6 heteroatoms. The zero-order valence-electron chi connectivity index (χ0n) is 17.7. The van der Waals surface area contributed by atoms with Gasteiger partial charge in [-0.05, 0) is 25.0 Å². The van der Waals surface area contributed by atoms with Gasteiger partial charge in [-0.3, -0.25) is 0 Å². The molecule has 2 aromatic rings. The molecule has 0 spiro atoms. The van der Waals surface area contributed by atoms with Crippen molar-refractivity contribution in [1.82, 2.24) is 0 Å². The Kier molecular flexibility index (Phi) is 15.9. The van der Waals surface area contributed by atoms with Gasteiger partial charge in [-0.1, -0.05) is 60.7 Å². The predicted octanol–water partition coefficient (Wildman–Crippen LogP) is -5.49. The molecule has 0 amide bonds. The van der Waals surface area contributed by atoms with Crippen molar-refractivity contribution in [3.63, 3.8) is 0 Å². The Labute approximate surface area is 191 Å². The maximum atomic E-state index is 9.94. The molecule has 4 N–H and O–H groups in total. The summed E-state index contributed by atoms with van der Waals surface area (Å²) < 4.78 is 0. The molecular formula is C22H36Br2N2O2. The summed E-state index contributed by atoms with van der Waals surface area (Å²) >= 11 is 0. The van der Waals surface area contributed by atoms with Gasteiger partial charge >= 0.3 is 0 Å². The molecule has 0 fully saturated rings. The van der Waals surface area contributed by atoms with E-state index in [1.165, 1.54) is 9.80 Å². The van der Waals surface area contributed by atoms with Gasteiger partial charge in [-0.25, -0.2) is 0 Å². The van der Waals surface area contributed by atoms with Gasteiger partial charge in [-0.15, -0.1) is 0 Å². The van der Waals surface area contributed by atoms with E-state index < -0.39 is 0 Å². The molecule has 0 aromatic heterocycles. The molecule has 0 aliphatic carbocycles. The minimum absolute atomic E-state index is 0. The van der Waals surface area contributed by atoms with Crippen LogP contribution in [0.2, 0.25) is 0 Å². The second kappa shape index (κ2) is 15.1. The third-order valence-electron chi connectivity index (χ3n) is 5.05. The summed E-state index contributed by atoms with van der Waals surface area (Å²) in [6, 6.07) is 20.0. The first-order valence-electron chi connectivity index (χ1n) is 9.31. The minimum Gasteiger partial charge on any atom is -1.00 e. The molecule has 0 saturated carbocycles. The lowest BCUT2D eigenvalue weighted by Crippen LogP contribution is -3.10. The molecule has 0 aliphatic heterocycles. The molecule has 2 rings (SSSR count). The van der Waals surface area contributed by atoms with Gasteiger partial charge in [-0.2, -0.15) is 0 Å². The van der Waals surface area contributed by atoms with E-state index in [9.17, 15) is 10.2 Å². The first kappa shape index (κ1) is 29.4. The number of hydrogen-bond acceptors (Lipinski definition) is 2. The summed E-state index contributed by atoms with van der Waals surface area (Å²) in [7, 11) is 8.21. The van der Waals surface area contributed by atoms with Gasteiger partial charge in [0.05, 0.1) is 28.2 Å². The summed E-state index contributed by atoms with van der Waals surface area (Å²) in [5.74, 6) is 0. The van der Waals surface area contributed by atoms with E-state index in [4.69, 9.17) is 0 Å². The highest BCUT2D eigenvalue weighted by molar-refractivity contribution is 5.18. The monoisotopic (exact) mass is 518 g/mol. The topological polar surface area (TPSA) is 49.3 Å². The molecule has 0 heterocycles. The van der Waals surface area contributed by atoms with Crippen molar-refractivity contribution in [2.45, 2.75) is 38.1 Å². The molecule has 4 nitrogen and oxygen atoms in total. The second-order valence-corrected chi connectivity index (χ2v) is 7.44. The van der Waals surface area contributed by atoms with E-state index in [0.29, 0.717) is 0 Å². The second-order valence-electron chi connectivity index (χ2n) is 7.44. The van der Waals surface area contributed by atoms with Crippen LogP contribution in [0.5, 0.6) is 0 Å². The first-order valence-corrected chi connectivity index (χ1v) is 9.31. The van der Waals surface area contributed by atoms with Crippen LogP contribution in [-0.4, -0.2) is 50.5 Å². The van der Waals surface area contributed by atoms with Gasteiger partial charge in [0.2, 0.25) is 0 Å². The summed E-state index contributed by atoms with van der Waals surface area (Å²) in [5.41, 5.74) is 1.99. The van der Waals surface area contributed by atoms with E-state index in [2.05, 4.69) is 28.2 Å². The smallest absolute Gasteiger partial charge is 0.130 e. The number of nitrogens with one attached hydrogen (secondary N) is 2. The lowest BCUT2D eigenvalue weighted by Gasteiger charge is -2.22. The van der Waals surface area contributed by atoms with Crippen LogP contribution in [0.4, 0.5) is 0 Å². The van der Waals surface area contributed by atoms with Crippen LogP contribution < -0.4 is 43.8 Å². The molecule has 160 valence electrons. The van der Waals surface area contributed by atoms with Crippen LogP contribution in [0.25, 0.3) is 0 Å². The van der Waals surface area contributed by atoms with E-state index in [1.54, 1.807) is 0 Å². The molecule has 0 bridgehead atoms. The van der Waals surface area contributed by atoms with Crippen LogP contribution in [0.1, 0.15) is 37.2 Å². The molecule has 4 atom stereocenters. The highest BCUT2D eigenvalue weighted by Crippen LogP contribution is 2.14. The van der Waals surface area contributed by atoms with E-state index >= 15 is 0 Å². The fourth-order valence-electron chi connectivity index (χ4n) is 2.51. The molecule has 2 aromatic carbocycles. The third-order valence-corrected chi connectivity index (χ3v) is 5.05. The molecular weight excluding hydrogens is 484 g/mol. The van der Waals surface area contributed by atoms with Crippen molar-refractivity contribution in [3.8, 4) is 0 Å². The molecule has 0 aliphatic rings. The number of aliphatic hydroxyl groups is 2. The molecule has 28 heavy (non-hydrogen) atoms. The largest absolute Gasteiger partial charge is 1.00 e. The minimum atomic E-state index is -0.369. The Bertz CT molecular complexity index is 557. The van der Waals surface area contributed by atoms with E-state index in [-0.39, 0.29) is 58.3 Å². The zero-order chi connectivity index (χ0) is 19.7. The van der Waals surface area contributed by atoms with Crippen LogP contribution in [-0.2, 0) is 0 Å². The van der Waals surface area contributed by atoms with Crippen molar-refractivity contribution in [2.24, 2.45) is 0 Å². The maximum Gasteiger partial charge on any atom is 0.130 e. The molecule has 0 radical (unpaired) electrons.